The third-order valence-electron chi connectivity index (χ3n) is 5.63. The number of esters is 1. The van der Waals surface area contributed by atoms with E-state index in [-0.39, 0.29) is 18.8 Å². The largest absolute Gasteiger partial charge is 0.493 e. The van der Waals surface area contributed by atoms with Gasteiger partial charge < -0.3 is 28.7 Å². The lowest BCUT2D eigenvalue weighted by Gasteiger charge is -2.24. The molecule has 2 heterocycles. The Bertz CT molecular complexity index is 1230. The highest BCUT2D eigenvalue weighted by atomic mass is 35.5. The van der Waals surface area contributed by atoms with Crippen LogP contribution >= 0.6 is 23.8 Å². The van der Waals surface area contributed by atoms with Crippen molar-refractivity contribution in [2.45, 2.75) is 31.5 Å². The highest BCUT2D eigenvalue weighted by Crippen LogP contribution is 2.43. The van der Waals surface area contributed by atoms with E-state index in [0.717, 1.165) is 16.8 Å². The molecule has 184 valence electrons. The summed E-state index contributed by atoms with van der Waals surface area (Å²) in [5.74, 6) is 1.85. The average molecular weight is 517 g/mol. The van der Waals surface area contributed by atoms with Gasteiger partial charge in [-0.2, -0.15) is 0 Å². The van der Waals surface area contributed by atoms with E-state index in [9.17, 15) is 4.79 Å². The topological polar surface area (TPSA) is 92.1 Å². The van der Waals surface area contributed by atoms with Gasteiger partial charge in [0.05, 0.1) is 40.4 Å². The van der Waals surface area contributed by atoms with Crippen molar-refractivity contribution in [2.75, 3.05) is 26.6 Å². The fraction of sp³-hybridized carbons (Fsp3) is 0.320. The molecule has 2 unspecified atom stereocenters. The minimum Gasteiger partial charge on any atom is -0.493 e. The molecule has 0 amide bonds. The van der Waals surface area contributed by atoms with Gasteiger partial charge in [0.2, 0.25) is 0 Å². The van der Waals surface area contributed by atoms with E-state index in [1.807, 2.05) is 30.3 Å². The second-order valence-corrected chi connectivity index (χ2v) is 8.69. The van der Waals surface area contributed by atoms with E-state index in [0.29, 0.717) is 39.6 Å². The summed E-state index contributed by atoms with van der Waals surface area (Å²) in [4.78, 5) is 16.3. The monoisotopic (exact) mass is 516 g/mol. The normalized spacial score (nSPS) is 17.2. The number of ether oxygens (including phenoxy) is 4. The van der Waals surface area contributed by atoms with E-state index < -0.39 is 12.2 Å². The van der Waals surface area contributed by atoms with Gasteiger partial charge in [-0.15, -0.1) is 0 Å². The molecule has 2 aromatic carbocycles. The van der Waals surface area contributed by atoms with Gasteiger partial charge in [-0.3, -0.25) is 4.79 Å². The zero-order valence-corrected chi connectivity index (χ0v) is 21.1. The highest BCUT2D eigenvalue weighted by molar-refractivity contribution is 7.80. The fourth-order valence-corrected chi connectivity index (χ4v) is 4.35. The SMILES string of the molecule is COC(=O)CCc1cnc(CC2OC(c3cccc(OC)c3OC)c3cc(Cl)ccc3NC2=S)o1. The van der Waals surface area contributed by atoms with Crippen LogP contribution in [0.3, 0.4) is 0 Å². The van der Waals surface area contributed by atoms with Crippen LogP contribution in [-0.2, 0) is 27.1 Å². The van der Waals surface area contributed by atoms with Crippen LogP contribution in [0.15, 0.2) is 47.0 Å². The fourth-order valence-electron chi connectivity index (χ4n) is 3.92. The van der Waals surface area contributed by atoms with Gasteiger partial charge in [-0.05, 0) is 24.3 Å². The number of anilines is 1. The molecule has 0 fully saturated rings. The van der Waals surface area contributed by atoms with Crippen molar-refractivity contribution < 1.29 is 28.2 Å². The highest BCUT2D eigenvalue weighted by Gasteiger charge is 2.33. The van der Waals surface area contributed by atoms with Crippen molar-refractivity contribution in [3.63, 3.8) is 0 Å². The Morgan fingerprint density at radius 1 is 1.17 bits per heavy atom. The van der Waals surface area contributed by atoms with E-state index in [1.165, 1.54) is 7.11 Å². The lowest BCUT2D eigenvalue weighted by molar-refractivity contribution is -0.140. The van der Waals surface area contributed by atoms with Gasteiger partial charge in [0, 0.05) is 28.3 Å². The maximum atomic E-state index is 11.4. The number of hydrogen-bond donors (Lipinski definition) is 1. The summed E-state index contributed by atoms with van der Waals surface area (Å²) in [6, 6.07) is 11.1. The molecule has 8 nitrogen and oxygen atoms in total. The first-order chi connectivity index (χ1) is 16.9. The minimum atomic E-state index is -0.569. The number of oxazole rings is 1. The number of halogens is 1. The van der Waals surface area contributed by atoms with Crippen LogP contribution in [0, 0.1) is 0 Å². The van der Waals surface area contributed by atoms with Crippen LogP contribution in [0.25, 0.3) is 0 Å². The van der Waals surface area contributed by atoms with E-state index in [1.54, 1.807) is 26.5 Å². The molecule has 0 aliphatic carbocycles. The van der Waals surface area contributed by atoms with Crippen molar-refractivity contribution in [3.8, 4) is 11.5 Å². The average Bonchev–Trinajstić information content (AvgIpc) is 3.27. The molecule has 0 spiro atoms. The summed E-state index contributed by atoms with van der Waals surface area (Å²) in [6.45, 7) is 0. The number of carbonyl (C=O) groups is 1. The molecule has 0 saturated carbocycles. The summed E-state index contributed by atoms with van der Waals surface area (Å²) in [5.41, 5.74) is 2.35. The third kappa shape index (κ3) is 5.58. The number of thiocarbonyl (C=S) groups is 1. The number of aromatic nitrogens is 1. The Kier molecular flexibility index (Phi) is 7.90. The maximum Gasteiger partial charge on any atom is 0.305 e. The molecule has 10 heteroatoms. The summed E-state index contributed by atoms with van der Waals surface area (Å²) >= 11 is 12.0. The van der Waals surface area contributed by atoms with Gasteiger partial charge in [-0.25, -0.2) is 4.98 Å². The third-order valence-corrected chi connectivity index (χ3v) is 6.23. The van der Waals surface area contributed by atoms with Crippen LogP contribution in [-0.4, -0.2) is 43.4 Å². The zero-order valence-electron chi connectivity index (χ0n) is 19.5. The standard InChI is InChI=1S/C25H25ClN2O6S/c1-30-19-6-4-5-16(24(19)32-3)23-17-11-14(26)7-9-18(17)28-25(35)20(34-23)12-21-27-13-15(33-21)8-10-22(29)31-2/h4-7,9,11,13,20,23H,8,10,12H2,1-3H3,(H,28,35). The van der Waals surface area contributed by atoms with Crippen LogP contribution in [0.2, 0.25) is 5.02 Å². The zero-order chi connectivity index (χ0) is 24.9. The number of carbonyl (C=O) groups excluding carboxylic acids is 1. The Hall–Kier alpha value is -3.14. The predicted molar refractivity (Wildman–Crippen MR) is 134 cm³/mol. The number of hydrogen-bond acceptors (Lipinski definition) is 8. The first-order valence-corrected chi connectivity index (χ1v) is 11.7. The van der Waals surface area contributed by atoms with Crippen molar-refractivity contribution >= 4 is 40.5 Å². The molecule has 1 aliphatic rings. The second kappa shape index (κ2) is 11.1. The van der Waals surface area contributed by atoms with E-state index >= 15 is 0 Å². The number of nitrogens with one attached hydrogen (secondary N) is 1. The maximum absolute atomic E-state index is 11.4. The molecular weight excluding hydrogens is 492 g/mol. The Morgan fingerprint density at radius 3 is 2.74 bits per heavy atom. The number of fused-ring (bicyclic) bond motifs is 1. The molecule has 0 radical (unpaired) electrons. The minimum absolute atomic E-state index is 0.207. The molecule has 1 aromatic heterocycles. The Balaban J connectivity index is 1.67. The molecular formula is C25H25ClN2O6S. The van der Waals surface area contributed by atoms with Crippen LogP contribution in [0.1, 0.15) is 35.3 Å². The molecule has 2 atom stereocenters. The van der Waals surface area contributed by atoms with E-state index in [4.69, 9.17) is 42.4 Å². The van der Waals surface area contributed by atoms with Gasteiger partial charge in [0.25, 0.3) is 0 Å². The number of nitrogens with zero attached hydrogens (tertiary/aromatic N) is 1. The quantitative estimate of drug-likeness (QED) is 0.330. The molecule has 4 rings (SSSR count). The molecule has 0 saturated heterocycles. The smallest absolute Gasteiger partial charge is 0.305 e. The predicted octanol–water partition coefficient (Wildman–Crippen LogP) is 4.92. The molecule has 1 aliphatic heterocycles. The van der Waals surface area contributed by atoms with Gasteiger partial charge in [-0.1, -0.05) is 36.0 Å². The summed E-state index contributed by atoms with van der Waals surface area (Å²) in [7, 11) is 4.52. The summed E-state index contributed by atoms with van der Waals surface area (Å²) < 4.78 is 28.3. The van der Waals surface area contributed by atoms with Crippen LogP contribution in [0.4, 0.5) is 5.69 Å². The van der Waals surface area contributed by atoms with Gasteiger partial charge in [0.1, 0.15) is 23.0 Å². The number of aryl methyl sites for hydroxylation is 1. The molecule has 1 N–H and O–H groups in total. The van der Waals surface area contributed by atoms with Crippen molar-refractivity contribution in [1.82, 2.24) is 4.98 Å². The van der Waals surface area contributed by atoms with Crippen molar-refractivity contribution in [1.29, 1.82) is 0 Å². The van der Waals surface area contributed by atoms with Gasteiger partial charge in [0.15, 0.2) is 17.4 Å². The number of rotatable bonds is 8. The Morgan fingerprint density at radius 2 is 2.00 bits per heavy atom. The number of methoxy groups -OCH3 is 3. The number of para-hydroxylation sites is 1. The van der Waals surface area contributed by atoms with Crippen LogP contribution in [0.5, 0.6) is 11.5 Å². The Labute approximate surface area is 213 Å². The summed E-state index contributed by atoms with van der Waals surface area (Å²) in [5, 5.41) is 3.85. The second-order valence-electron chi connectivity index (χ2n) is 7.81. The van der Waals surface area contributed by atoms with Gasteiger partial charge >= 0.3 is 5.97 Å². The molecule has 0 bridgehead atoms. The lowest BCUT2D eigenvalue weighted by atomic mass is 9.98. The first-order valence-electron chi connectivity index (χ1n) is 10.9. The molecule has 3 aromatic rings. The van der Waals surface area contributed by atoms with E-state index in [2.05, 4.69) is 15.0 Å². The van der Waals surface area contributed by atoms with Crippen molar-refractivity contribution in [3.05, 3.63) is 70.4 Å². The van der Waals surface area contributed by atoms with Crippen LogP contribution < -0.4 is 14.8 Å². The summed E-state index contributed by atoms with van der Waals surface area (Å²) in [6.07, 6.45) is 1.35. The molecule has 35 heavy (non-hydrogen) atoms. The van der Waals surface area contributed by atoms with Crippen molar-refractivity contribution in [2.24, 2.45) is 0 Å². The lowest BCUT2D eigenvalue weighted by Crippen LogP contribution is -2.30. The number of benzene rings is 2. The first kappa shape index (κ1) is 25.0.